The molecule has 0 atom stereocenters. The van der Waals surface area contributed by atoms with E-state index in [4.69, 9.17) is 15.7 Å². The molecule has 1 aromatic heterocycles. The highest BCUT2D eigenvalue weighted by Gasteiger charge is 2.30. The molecule has 0 saturated heterocycles. The second-order valence-electron chi connectivity index (χ2n) is 4.14. The van der Waals surface area contributed by atoms with Crippen LogP contribution >= 0.6 is 0 Å². The normalized spacial score (nSPS) is 15.7. The number of hydrogen-bond donors (Lipinski definition) is 2. The van der Waals surface area contributed by atoms with Crippen molar-refractivity contribution in [3.8, 4) is 0 Å². The van der Waals surface area contributed by atoms with Gasteiger partial charge in [0.2, 0.25) is 5.95 Å². The third-order valence-electron chi connectivity index (χ3n) is 2.79. The van der Waals surface area contributed by atoms with Crippen molar-refractivity contribution in [3.63, 3.8) is 0 Å². The lowest BCUT2D eigenvalue weighted by Gasteiger charge is -2.21. The van der Waals surface area contributed by atoms with E-state index in [2.05, 4.69) is 20.0 Å². The highest BCUT2D eigenvalue weighted by Crippen LogP contribution is 2.29. The van der Waals surface area contributed by atoms with Crippen LogP contribution in [-0.4, -0.2) is 47.3 Å². The maximum absolute atomic E-state index is 8.65. The van der Waals surface area contributed by atoms with Crippen LogP contribution in [0.1, 0.15) is 18.5 Å². The van der Waals surface area contributed by atoms with Gasteiger partial charge in [0.1, 0.15) is 5.69 Å². The Morgan fingerprint density at radius 2 is 2.44 bits per heavy atom. The van der Waals surface area contributed by atoms with Crippen molar-refractivity contribution >= 4 is 11.8 Å². The van der Waals surface area contributed by atoms with Crippen LogP contribution in [0.15, 0.2) is 17.4 Å². The van der Waals surface area contributed by atoms with E-state index >= 15 is 0 Å². The quantitative estimate of drug-likeness (QED) is 0.324. The molecule has 0 aliphatic heterocycles. The minimum absolute atomic E-state index is 0.0128. The van der Waals surface area contributed by atoms with Gasteiger partial charge in [-0.05, 0) is 18.9 Å². The summed E-state index contributed by atoms with van der Waals surface area (Å²) >= 11 is 0. The van der Waals surface area contributed by atoms with Crippen molar-refractivity contribution in [3.05, 3.63) is 18.0 Å². The first kappa shape index (κ1) is 12.6. The molecule has 1 heterocycles. The fourth-order valence-corrected chi connectivity index (χ4v) is 1.70. The summed E-state index contributed by atoms with van der Waals surface area (Å²) in [6.45, 7) is 1.36. The first-order chi connectivity index (χ1) is 8.76. The number of hydrogen-bond acceptors (Lipinski definition) is 6. The molecular weight excluding hydrogens is 234 g/mol. The van der Waals surface area contributed by atoms with Gasteiger partial charge in [-0.25, -0.2) is 9.97 Å². The molecule has 1 fully saturated rings. The van der Waals surface area contributed by atoms with Crippen LogP contribution in [0.5, 0.6) is 0 Å². The number of anilines is 1. The molecule has 1 saturated carbocycles. The molecule has 2 rings (SSSR count). The lowest BCUT2D eigenvalue weighted by Crippen LogP contribution is -2.31. The average Bonchev–Trinajstić information content (AvgIpc) is 3.23. The van der Waals surface area contributed by atoms with Gasteiger partial charge in [-0.15, -0.1) is 0 Å². The summed E-state index contributed by atoms with van der Waals surface area (Å²) in [6, 6.07) is 2.09. The Morgan fingerprint density at radius 3 is 3.06 bits per heavy atom. The summed E-state index contributed by atoms with van der Waals surface area (Å²) in [5, 5.41) is 11.6. The Kier molecular flexibility index (Phi) is 3.93. The maximum atomic E-state index is 8.65. The van der Waals surface area contributed by atoms with Crippen molar-refractivity contribution in [1.29, 1.82) is 0 Å². The van der Waals surface area contributed by atoms with Gasteiger partial charge in [-0.3, -0.25) is 0 Å². The van der Waals surface area contributed by atoms with Crippen molar-refractivity contribution < 1.29 is 9.94 Å². The molecule has 1 aliphatic carbocycles. The zero-order chi connectivity index (χ0) is 13.0. The number of oxime groups is 1. The molecule has 0 bridgehead atoms. The average molecular weight is 251 g/mol. The molecule has 18 heavy (non-hydrogen) atoms. The number of nitrogens with zero attached hydrogens (tertiary/aromatic N) is 4. The lowest BCUT2D eigenvalue weighted by molar-refractivity contribution is 0.204. The van der Waals surface area contributed by atoms with Crippen LogP contribution in [0.25, 0.3) is 0 Å². The molecule has 7 heteroatoms. The van der Waals surface area contributed by atoms with Crippen molar-refractivity contribution in [1.82, 2.24) is 9.97 Å². The number of nitrogens with two attached hydrogens (primary N) is 1. The second-order valence-corrected chi connectivity index (χ2v) is 4.14. The molecule has 0 aromatic carbocycles. The zero-order valence-corrected chi connectivity index (χ0v) is 10.3. The monoisotopic (exact) mass is 251 g/mol. The fourth-order valence-electron chi connectivity index (χ4n) is 1.70. The van der Waals surface area contributed by atoms with Gasteiger partial charge in [0.15, 0.2) is 5.84 Å². The predicted octanol–water partition coefficient (Wildman–Crippen LogP) is 0.186. The van der Waals surface area contributed by atoms with E-state index in [0.717, 1.165) is 19.4 Å². The predicted molar refractivity (Wildman–Crippen MR) is 66.8 cm³/mol. The summed E-state index contributed by atoms with van der Waals surface area (Å²) in [7, 11) is 1.67. The van der Waals surface area contributed by atoms with Crippen LogP contribution in [0.2, 0.25) is 0 Å². The first-order valence-electron chi connectivity index (χ1n) is 5.82. The Morgan fingerprint density at radius 1 is 1.67 bits per heavy atom. The van der Waals surface area contributed by atoms with Crippen molar-refractivity contribution in [2.45, 2.75) is 18.9 Å². The summed E-state index contributed by atoms with van der Waals surface area (Å²) in [4.78, 5) is 10.6. The van der Waals surface area contributed by atoms with Crippen LogP contribution in [-0.2, 0) is 4.74 Å². The third-order valence-corrected chi connectivity index (χ3v) is 2.79. The van der Waals surface area contributed by atoms with Crippen LogP contribution in [0.3, 0.4) is 0 Å². The fraction of sp³-hybridized carbons (Fsp3) is 0.545. The Hall–Kier alpha value is -1.89. The summed E-state index contributed by atoms with van der Waals surface area (Å²) in [5.41, 5.74) is 5.94. The van der Waals surface area contributed by atoms with E-state index in [0.29, 0.717) is 24.3 Å². The summed E-state index contributed by atoms with van der Waals surface area (Å²) in [6.07, 6.45) is 3.89. The minimum Gasteiger partial charge on any atom is -0.409 e. The number of methoxy groups -OCH3 is 1. The van der Waals surface area contributed by atoms with Gasteiger partial charge in [0.25, 0.3) is 0 Å². The van der Waals surface area contributed by atoms with E-state index < -0.39 is 0 Å². The highest BCUT2D eigenvalue weighted by atomic mass is 16.5. The van der Waals surface area contributed by atoms with Gasteiger partial charge < -0.3 is 20.6 Å². The zero-order valence-electron chi connectivity index (χ0n) is 10.3. The third kappa shape index (κ3) is 2.86. The topological polar surface area (TPSA) is 96.9 Å². The van der Waals surface area contributed by atoms with Crippen LogP contribution < -0.4 is 10.6 Å². The number of amidine groups is 1. The van der Waals surface area contributed by atoms with Crippen LogP contribution in [0, 0.1) is 0 Å². The lowest BCUT2D eigenvalue weighted by atomic mass is 10.4. The van der Waals surface area contributed by atoms with E-state index in [-0.39, 0.29) is 5.84 Å². The number of aromatic nitrogens is 2. The molecule has 0 unspecified atom stereocenters. The molecule has 98 valence electrons. The molecule has 0 radical (unpaired) electrons. The maximum Gasteiger partial charge on any atom is 0.226 e. The molecule has 0 amide bonds. The summed E-state index contributed by atoms with van der Waals surface area (Å²) < 4.78 is 5.08. The van der Waals surface area contributed by atoms with Gasteiger partial charge in [0.05, 0.1) is 6.61 Å². The first-order valence-corrected chi connectivity index (χ1v) is 5.82. The molecule has 0 spiro atoms. The SMILES string of the molecule is COCCN(c1nccc(/C(N)=N/O)n1)C1CC1. The molecule has 1 aliphatic rings. The van der Waals surface area contributed by atoms with E-state index in [1.807, 2.05) is 0 Å². The number of rotatable bonds is 6. The minimum atomic E-state index is -0.0128. The summed E-state index contributed by atoms with van der Waals surface area (Å²) in [5.74, 6) is 0.583. The van der Waals surface area contributed by atoms with Crippen molar-refractivity contribution in [2.75, 3.05) is 25.2 Å². The van der Waals surface area contributed by atoms with E-state index in [1.54, 1.807) is 19.4 Å². The van der Waals surface area contributed by atoms with E-state index in [1.165, 1.54) is 0 Å². The van der Waals surface area contributed by atoms with E-state index in [9.17, 15) is 0 Å². The second kappa shape index (κ2) is 5.63. The molecule has 3 N–H and O–H groups in total. The standard InChI is InChI=1S/C11H17N5O2/c1-18-7-6-16(8-2-3-8)11-13-5-4-9(14-11)10(12)15-17/h4-5,8,17H,2-3,6-7H2,1H3,(H2,12,15). The Labute approximate surface area is 105 Å². The smallest absolute Gasteiger partial charge is 0.226 e. The largest absolute Gasteiger partial charge is 0.409 e. The number of ether oxygens (including phenoxy) is 1. The Balaban J connectivity index is 2.19. The van der Waals surface area contributed by atoms with Gasteiger partial charge >= 0.3 is 0 Å². The molecule has 1 aromatic rings. The van der Waals surface area contributed by atoms with Gasteiger partial charge in [-0.2, -0.15) is 0 Å². The Bertz CT molecular complexity index is 433. The van der Waals surface area contributed by atoms with Gasteiger partial charge in [0, 0.05) is 25.9 Å². The van der Waals surface area contributed by atoms with Crippen LogP contribution in [0.4, 0.5) is 5.95 Å². The van der Waals surface area contributed by atoms with Gasteiger partial charge in [-0.1, -0.05) is 5.16 Å². The molecule has 7 nitrogen and oxygen atoms in total. The molecular formula is C11H17N5O2. The van der Waals surface area contributed by atoms with Crippen molar-refractivity contribution in [2.24, 2.45) is 10.9 Å². The highest BCUT2D eigenvalue weighted by molar-refractivity contribution is 5.95.